The van der Waals surface area contributed by atoms with Crippen molar-refractivity contribution in [1.29, 1.82) is 0 Å². The van der Waals surface area contributed by atoms with E-state index in [0.29, 0.717) is 18.5 Å². The van der Waals surface area contributed by atoms with Crippen LogP contribution < -0.4 is 11.1 Å². The van der Waals surface area contributed by atoms with E-state index in [1.807, 2.05) is 62.4 Å². The lowest BCUT2D eigenvalue weighted by molar-refractivity contribution is -0.141. The first-order chi connectivity index (χ1) is 17.6. The number of fused-ring (bicyclic) bond motifs is 2. The van der Waals surface area contributed by atoms with E-state index in [0.717, 1.165) is 11.1 Å². The summed E-state index contributed by atoms with van der Waals surface area (Å²) in [6, 6.07) is 14.7. The fourth-order valence-electron chi connectivity index (χ4n) is 5.24. The molecule has 2 aromatic carbocycles. The van der Waals surface area contributed by atoms with Crippen molar-refractivity contribution in [3.8, 4) is 0 Å². The van der Waals surface area contributed by atoms with Crippen LogP contribution in [0.25, 0.3) is 0 Å². The van der Waals surface area contributed by atoms with Crippen molar-refractivity contribution in [1.82, 2.24) is 9.80 Å². The second-order valence-electron chi connectivity index (χ2n) is 10.3. The van der Waals surface area contributed by atoms with Crippen LogP contribution in [0, 0.1) is 5.92 Å². The van der Waals surface area contributed by atoms with Crippen LogP contribution in [-0.4, -0.2) is 59.3 Å². The number of para-hydroxylation sites is 1. The number of hydrogen-bond donors (Lipinski definition) is 2. The number of amides is 4. The third kappa shape index (κ3) is 5.16. The number of ether oxygens (including phenoxy) is 1. The van der Waals surface area contributed by atoms with E-state index in [9.17, 15) is 19.2 Å². The van der Waals surface area contributed by atoms with Crippen molar-refractivity contribution in [2.75, 3.05) is 18.9 Å². The summed E-state index contributed by atoms with van der Waals surface area (Å²) in [6.45, 7) is 4.15. The van der Waals surface area contributed by atoms with Gasteiger partial charge in [0.05, 0.1) is 5.41 Å². The Hall–Kier alpha value is -3.88. The number of nitrogens with two attached hydrogens (primary N) is 1. The third-order valence-corrected chi connectivity index (χ3v) is 7.36. The van der Waals surface area contributed by atoms with Gasteiger partial charge in [-0.05, 0) is 42.4 Å². The summed E-state index contributed by atoms with van der Waals surface area (Å²) in [5.74, 6) is -1.07. The van der Waals surface area contributed by atoms with Gasteiger partial charge in [0, 0.05) is 19.3 Å². The van der Waals surface area contributed by atoms with Crippen LogP contribution >= 0.6 is 0 Å². The Bertz CT molecular complexity index is 1180. The lowest BCUT2D eigenvalue weighted by Crippen LogP contribution is -2.53. The zero-order valence-corrected chi connectivity index (χ0v) is 21.5. The predicted octanol–water partition coefficient (Wildman–Crippen LogP) is 3.04. The summed E-state index contributed by atoms with van der Waals surface area (Å²) < 4.78 is 5.48. The number of hydrogen-bond acceptors (Lipinski definition) is 5. The maximum Gasteiger partial charge on any atom is 0.410 e. The van der Waals surface area contributed by atoms with Crippen molar-refractivity contribution >= 4 is 29.5 Å². The van der Waals surface area contributed by atoms with Gasteiger partial charge in [-0.1, -0.05) is 62.4 Å². The molecule has 0 unspecified atom stereocenters. The number of anilines is 1. The molecule has 2 heterocycles. The Morgan fingerprint density at radius 1 is 1.11 bits per heavy atom. The van der Waals surface area contributed by atoms with Crippen molar-refractivity contribution in [2.45, 2.75) is 57.2 Å². The molecule has 0 aliphatic carbocycles. The van der Waals surface area contributed by atoms with Gasteiger partial charge in [-0.15, -0.1) is 0 Å². The molecule has 2 aromatic rings. The molecule has 4 rings (SSSR count). The minimum Gasteiger partial charge on any atom is -0.445 e. The first-order valence-electron chi connectivity index (χ1n) is 12.6. The molecule has 3 atom stereocenters. The van der Waals surface area contributed by atoms with E-state index in [1.54, 1.807) is 6.07 Å². The molecule has 0 bridgehead atoms. The van der Waals surface area contributed by atoms with Gasteiger partial charge in [-0.2, -0.15) is 0 Å². The van der Waals surface area contributed by atoms with Crippen LogP contribution in [0.15, 0.2) is 54.6 Å². The third-order valence-electron chi connectivity index (χ3n) is 7.36. The van der Waals surface area contributed by atoms with Crippen LogP contribution in [-0.2, 0) is 31.1 Å². The summed E-state index contributed by atoms with van der Waals surface area (Å²) in [7, 11) is 1.53. The van der Waals surface area contributed by atoms with E-state index < -0.39 is 35.4 Å². The molecule has 196 valence electrons. The quantitative estimate of drug-likeness (QED) is 0.570. The topological polar surface area (TPSA) is 122 Å². The highest BCUT2D eigenvalue weighted by Gasteiger charge is 2.57. The van der Waals surface area contributed by atoms with Crippen LogP contribution in [0.1, 0.15) is 44.2 Å². The van der Waals surface area contributed by atoms with Crippen molar-refractivity contribution in [3.05, 3.63) is 65.7 Å². The van der Waals surface area contributed by atoms with E-state index in [-0.39, 0.29) is 31.4 Å². The van der Waals surface area contributed by atoms with Gasteiger partial charge in [0.15, 0.2) is 0 Å². The highest BCUT2D eigenvalue weighted by atomic mass is 16.6. The molecule has 9 nitrogen and oxygen atoms in total. The largest absolute Gasteiger partial charge is 0.445 e. The number of likely N-dealkylation sites (N-methyl/N-ethyl adjacent to an activating group) is 1. The Morgan fingerprint density at radius 2 is 1.78 bits per heavy atom. The normalized spacial score (nSPS) is 21.0. The highest BCUT2D eigenvalue weighted by Crippen LogP contribution is 2.46. The molecule has 1 fully saturated rings. The standard InChI is InChI=1S/C28H34N4O5/c1-18(2)13-14-22(31(3)27(36)37-16-19-9-5-4-6-10-19)25(34)32-17-28(15-23(32)24(29)33)20-11-7-8-12-21(20)30-26(28)35/h4-12,18,22-23H,13-17H2,1-3H3,(H2,29,33)(H,30,35)/t22-,23-,28-/m0/s1. The molecule has 1 spiro atoms. The van der Waals surface area contributed by atoms with Gasteiger partial charge in [0.2, 0.25) is 17.7 Å². The van der Waals surface area contributed by atoms with E-state index in [2.05, 4.69) is 5.32 Å². The Balaban J connectivity index is 1.59. The summed E-state index contributed by atoms with van der Waals surface area (Å²) >= 11 is 0. The Labute approximate surface area is 216 Å². The van der Waals surface area contributed by atoms with E-state index in [1.165, 1.54) is 16.8 Å². The van der Waals surface area contributed by atoms with Gasteiger partial charge in [0.25, 0.3) is 0 Å². The zero-order valence-electron chi connectivity index (χ0n) is 21.5. The molecule has 2 aliphatic rings. The molecule has 0 saturated carbocycles. The lowest BCUT2D eigenvalue weighted by atomic mass is 9.79. The van der Waals surface area contributed by atoms with Crippen molar-refractivity contribution < 1.29 is 23.9 Å². The molecule has 0 radical (unpaired) electrons. The molecule has 1 saturated heterocycles. The molecule has 0 aromatic heterocycles. The van der Waals surface area contributed by atoms with Gasteiger partial charge >= 0.3 is 6.09 Å². The number of benzene rings is 2. The van der Waals surface area contributed by atoms with E-state index in [4.69, 9.17) is 10.5 Å². The lowest BCUT2D eigenvalue weighted by Gasteiger charge is -2.33. The second-order valence-corrected chi connectivity index (χ2v) is 10.3. The first kappa shape index (κ1) is 26.2. The molecule has 3 N–H and O–H groups in total. The summed E-state index contributed by atoms with van der Waals surface area (Å²) in [6.07, 6.45) is 0.511. The highest BCUT2D eigenvalue weighted by molar-refractivity contribution is 6.08. The molecule has 9 heteroatoms. The number of nitrogens with one attached hydrogen (secondary N) is 1. The first-order valence-corrected chi connectivity index (χ1v) is 12.6. The molecule has 4 amide bonds. The van der Waals surface area contributed by atoms with Crippen LogP contribution in [0.4, 0.5) is 10.5 Å². The maximum absolute atomic E-state index is 14.0. The molecular formula is C28H34N4O5. The van der Waals surface area contributed by atoms with Gasteiger partial charge in [-0.3, -0.25) is 19.3 Å². The van der Waals surface area contributed by atoms with Crippen LogP contribution in [0.5, 0.6) is 0 Å². The minimum absolute atomic E-state index is 0.00731. The Morgan fingerprint density at radius 3 is 2.46 bits per heavy atom. The fourth-order valence-corrected chi connectivity index (χ4v) is 5.24. The van der Waals surface area contributed by atoms with Crippen molar-refractivity contribution in [3.63, 3.8) is 0 Å². The SMILES string of the molecule is CC(C)CC[C@@H](C(=O)N1C[C@]2(C[C@H]1C(N)=O)C(=O)Nc1ccccc12)N(C)C(=O)OCc1ccccc1. The van der Waals surface area contributed by atoms with Gasteiger partial charge in [-0.25, -0.2) is 4.79 Å². The summed E-state index contributed by atoms with van der Waals surface area (Å²) in [4.78, 5) is 55.3. The molecule has 2 aliphatic heterocycles. The smallest absolute Gasteiger partial charge is 0.410 e. The number of likely N-dealkylation sites (tertiary alicyclic amines) is 1. The second kappa shape index (κ2) is 10.6. The van der Waals surface area contributed by atoms with Crippen LogP contribution in [0.2, 0.25) is 0 Å². The zero-order chi connectivity index (χ0) is 26.7. The number of rotatable bonds is 8. The van der Waals surface area contributed by atoms with Gasteiger partial charge < -0.3 is 20.7 Å². The summed E-state index contributed by atoms with van der Waals surface area (Å²) in [5, 5.41) is 2.88. The molecular weight excluding hydrogens is 472 g/mol. The van der Waals surface area contributed by atoms with Crippen LogP contribution in [0.3, 0.4) is 0 Å². The average molecular weight is 507 g/mol. The number of nitrogens with zero attached hydrogens (tertiary/aromatic N) is 2. The van der Waals surface area contributed by atoms with Crippen molar-refractivity contribution in [2.24, 2.45) is 11.7 Å². The maximum atomic E-state index is 14.0. The number of carbonyl (C=O) groups excluding carboxylic acids is 4. The average Bonchev–Trinajstić information content (AvgIpc) is 3.42. The number of primary amides is 1. The molecule has 37 heavy (non-hydrogen) atoms. The number of carbonyl (C=O) groups is 4. The Kier molecular flexibility index (Phi) is 7.52. The minimum atomic E-state index is -1.07. The van der Waals surface area contributed by atoms with E-state index >= 15 is 0 Å². The predicted molar refractivity (Wildman–Crippen MR) is 138 cm³/mol. The monoisotopic (exact) mass is 506 g/mol. The fraction of sp³-hybridized carbons (Fsp3) is 0.429. The summed E-state index contributed by atoms with van der Waals surface area (Å²) in [5.41, 5.74) is 6.92. The van der Waals surface area contributed by atoms with Gasteiger partial charge in [0.1, 0.15) is 18.7 Å².